The van der Waals surface area contributed by atoms with Gasteiger partial charge in [-0.25, -0.2) is 0 Å². The SMILES string of the molecule is CC(NC(=O)C1CCC(N)C1)c1cccc(Cl)c1. The van der Waals surface area contributed by atoms with Crippen molar-refractivity contribution in [1.29, 1.82) is 0 Å². The van der Waals surface area contributed by atoms with Gasteiger partial charge >= 0.3 is 0 Å². The van der Waals surface area contributed by atoms with E-state index >= 15 is 0 Å². The molecule has 0 heterocycles. The molecular formula is C14H19ClN2O. The van der Waals surface area contributed by atoms with Crippen LogP contribution in [0.5, 0.6) is 0 Å². The van der Waals surface area contributed by atoms with Crippen molar-refractivity contribution in [2.75, 3.05) is 0 Å². The fourth-order valence-corrected chi connectivity index (χ4v) is 2.64. The number of nitrogens with two attached hydrogens (primary N) is 1. The van der Waals surface area contributed by atoms with E-state index in [0.29, 0.717) is 5.02 Å². The lowest BCUT2D eigenvalue weighted by molar-refractivity contribution is -0.125. The minimum Gasteiger partial charge on any atom is -0.349 e. The smallest absolute Gasteiger partial charge is 0.223 e. The van der Waals surface area contributed by atoms with Gasteiger partial charge in [-0.05, 0) is 43.9 Å². The quantitative estimate of drug-likeness (QED) is 0.884. The molecule has 3 atom stereocenters. The van der Waals surface area contributed by atoms with Gasteiger partial charge in [-0.1, -0.05) is 23.7 Å². The van der Waals surface area contributed by atoms with Crippen molar-refractivity contribution < 1.29 is 4.79 Å². The van der Waals surface area contributed by atoms with Gasteiger partial charge in [-0.15, -0.1) is 0 Å². The number of carbonyl (C=O) groups excluding carboxylic acids is 1. The molecule has 1 aromatic carbocycles. The maximum atomic E-state index is 12.1. The van der Waals surface area contributed by atoms with E-state index in [9.17, 15) is 4.79 Å². The summed E-state index contributed by atoms with van der Waals surface area (Å²) >= 11 is 5.94. The van der Waals surface area contributed by atoms with E-state index in [-0.39, 0.29) is 23.9 Å². The van der Waals surface area contributed by atoms with Crippen molar-refractivity contribution in [2.24, 2.45) is 11.7 Å². The van der Waals surface area contributed by atoms with Gasteiger partial charge in [-0.3, -0.25) is 4.79 Å². The Balaban J connectivity index is 1.95. The summed E-state index contributed by atoms with van der Waals surface area (Å²) in [6, 6.07) is 7.74. The molecule has 0 aliphatic heterocycles. The fraction of sp³-hybridized carbons (Fsp3) is 0.500. The summed E-state index contributed by atoms with van der Waals surface area (Å²) in [4.78, 5) is 12.1. The molecule has 3 unspecified atom stereocenters. The molecule has 0 spiro atoms. The molecular weight excluding hydrogens is 248 g/mol. The first kappa shape index (κ1) is 13.4. The van der Waals surface area contributed by atoms with Crippen LogP contribution in [-0.4, -0.2) is 11.9 Å². The van der Waals surface area contributed by atoms with Crippen LogP contribution in [-0.2, 0) is 4.79 Å². The number of hydrogen-bond acceptors (Lipinski definition) is 2. The predicted molar refractivity (Wildman–Crippen MR) is 73.3 cm³/mol. The van der Waals surface area contributed by atoms with Crippen LogP contribution in [0.3, 0.4) is 0 Å². The Kier molecular flexibility index (Phi) is 4.25. The van der Waals surface area contributed by atoms with Crippen molar-refractivity contribution in [3.05, 3.63) is 34.9 Å². The molecule has 1 aliphatic rings. The van der Waals surface area contributed by atoms with Gasteiger partial charge in [0.15, 0.2) is 0 Å². The summed E-state index contributed by atoms with van der Waals surface area (Å²) < 4.78 is 0. The predicted octanol–water partition coefficient (Wildman–Crippen LogP) is 2.64. The van der Waals surface area contributed by atoms with E-state index in [2.05, 4.69) is 5.32 Å². The lowest BCUT2D eigenvalue weighted by Gasteiger charge is -2.17. The second kappa shape index (κ2) is 5.72. The largest absolute Gasteiger partial charge is 0.349 e. The standard InChI is InChI=1S/C14H19ClN2O/c1-9(10-3-2-4-12(15)7-10)17-14(18)11-5-6-13(16)8-11/h2-4,7,9,11,13H,5-6,8,16H2,1H3,(H,17,18). The number of amides is 1. The molecule has 1 aliphatic carbocycles. The van der Waals surface area contributed by atoms with E-state index < -0.39 is 0 Å². The van der Waals surface area contributed by atoms with Gasteiger partial charge in [0, 0.05) is 17.0 Å². The van der Waals surface area contributed by atoms with Gasteiger partial charge in [0.05, 0.1) is 6.04 Å². The first-order valence-electron chi connectivity index (χ1n) is 6.37. The molecule has 1 amide bonds. The third-order valence-electron chi connectivity index (χ3n) is 3.55. The van der Waals surface area contributed by atoms with Gasteiger partial charge in [0.1, 0.15) is 0 Å². The second-order valence-electron chi connectivity index (χ2n) is 5.06. The van der Waals surface area contributed by atoms with Gasteiger partial charge in [-0.2, -0.15) is 0 Å². The zero-order valence-corrected chi connectivity index (χ0v) is 11.3. The first-order chi connectivity index (χ1) is 8.56. The first-order valence-corrected chi connectivity index (χ1v) is 6.75. The van der Waals surface area contributed by atoms with Crippen molar-refractivity contribution in [2.45, 2.75) is 38.3 Å². The fourth-order valence-electron chi connectivity index (χ4n) is 2.45. The zero-order valence-electron chi connectivity index (χ0n) is 10.5. The van der Waals surface area contributed by atoms with Crippen LogP contribution in [0.15, 0.2) is 24.3 Å². The molecule has 4 heteroatoms. The minimum atomic E-state index is -0.0203. The van der Waals surface area contributed by atoms with Crippen LogP contribution in [0.4, 0.5) is 0 Å². The van der Waals surface area contributed by atoms with Crippen LogP contribution in [0, 0.1) is 5.92 Å². The molecule has 3 N–H and O–H groups in total. The normalized spacial score (nSPS) is 24.8. The Morgan fingerprint density at radius 3 is 2.89 bits per heavy atom. The molecule has 1 aromatic rings. The Hall–Kier alpha value is -1.06. The van der Waals surface area contributed by atoms with Gasteiger partial charge in [0.2, 0.25) is 5.91 Å². The average Bonchev–Trinajstić information content (AvgIpc) is 2.76. The Morgan fingerprint density at radius 1 is 1.50 bits per heavy atom. The summed E-state index contributed by atoms with van der Waals surface area (Å²) in [5, 5.41) is 3.72. The van der Waals surface area contributed by atoms with Crippen molar-refractivity contribution in [3.63, 3.8) is 0 Å². The zero-order chi connectivity index (χ0) is 13.1. The van der Waals surface area contributed by atoms with Crippen molar-refractivity contribution >= 4 is 17.5 Å². The molecule has 98 valence electrons. The number of halogens is 1. The van der Waals surface area contributed by atoms with E-state index in [1.54, 1.807) is 0 Å². The molecule has 1 fully saturated rings. The summed E-state index contributed by atoms with van der Waals surface area (Å²) in [6.45, 7) is 1.97. The second-order valence-corrected chi connectivity index (χ2v) is 5.49. The minimum absolute atomic E-state index is 0.0203. The van der Waals surface area contributed by atoms with Gasteiger partial charge in [0.25, 0.3) is 0 Å². The van der Waals surface area contributed by atoms with Crippen LogP contribution >= 0.6 is 11.6 Å². The number of benzene rings is 1. The number of hydrogen-bond donors (Lipinski definition) is 2. The van der Waals surface area contributed by atoms with E-state index in [1.165, 1.54) is 0 Å². The van der Waals surface area contributed by atoms with Crippen molar-refractivity contribution in [1.82, 2.24) is 5.32 Å². The maximum absolute atomic E-state index is 12.1. The number of rotatable bonds is 3. The average molecular weight is 267 g/mol. The van der Waals surface area contributed by atoms with Gasteiger partial charge < -0.3 is 11.1 Å². The van der Waals surface area contributed by atoms with Crippen LogP contribution in [0.25, 0.3) is 0 Å². The number of nitrogens with one attached hydrogen (secondary N) is 1. The van der Waals surface area contributed by atoms with Crippen molar-refractivity contribution in [3.8, 4) is 0 Å². The molecule has 3 nitrogen and oxygen atoms in total. The molecule has 1 saturated carbocycles. The molecule has 0 radical (unpaired) electrons. The Bertz CT molecular complexity index is 436. The third-order valence-corrected chi connectivity index (χ3v) is 3.79. The van der Waals surface area contributed by atoms with E-state index in [4.69, 9.17) is 17.3 Å². The maximum Gasteiger partial charge on any atom is 0.223 e. The lowest BCUT2D eigenvalue weighted by atomic mass is 10.0. The molecule has 0 bridgehead atoms. The highest BCUT2D eigenvalue weighted by Gasteiger charge is 2.28. The monoisotopic (exact) mass is 266 g/mol. The Morgan fingerprint density at radius 2 is 2.28 bits per heavy atom. The topological polar surface area (TPSA) is 55.1 Å². The van der Waals surface area contributed by atoms with E-state index in [0.717, 1.165) is 24.8 Å². The highest BCUT2D eigenvalue weighted by molar-refractivity contribution is 6.30. The highest BCUT2D eigenvalue weighted by Crippen LogP contribution is 2.25. The van der Waals surface area contributed by atoms with Crippen LogP contribution < -0.4 is 11.1 Å². The molecule has 2 rings (SSSR count). The highest BCUT2D eigenvalue weighted by atomic mass is 35.5. The summed E-state index contributed by atoms with van der Waals surface area (Å²) in [6.07, 6.45) is 2.65. The molecule has 0 saturated heterocycles. The molecule has 0 aromatic heterocycles. The van der Waals surface area contributed by atoms with E-state index in [1.807, 2.05) is 31.2 Å². The third kappa shape index (κ3) is 3.24. The summed E-state index contributed by atoms with van der Waals surface area (Å²) in [5.41, 5.74) is 6.85. The van der Waals surface area contributed by atoms with Crippen LogP contribution in [0.1, 0.15) is 37.8 Å². The molecule has 18 heavy (non-hydrogen) atoms. The van der Waals surface area contributed by atoms with Crippen LogP contribution in [0.2, 0.25) is 5.02 Å². The summed E-state index contributed by atoms with van der Waals surface area (Å²) in [5.74, 6) is 0.178. The number of carbonyl (C=O) groups is 1. The Labute approximate surface area is 113 Å². The summed E-state index contributed by atoms with van der Waals surface area (Å²) in [7, 11) is 0. The lowest BCUT2D eigenvalue weighted by Crippen LogP contribution is -2.32.